The Bertz CT molecular complexity index is 652. The molecule has 7 heteroatoms. The summed E-state index contributed by atoms with van der Waals surface area (Å²) in [5, 5.41) is 15.7. The Morgan fingerprint density at radius 3 is 2.62 bits per heavy atom. The van der Waals surface area contributed by atoms with Gasteiger partial charge >= 0.3 is 0 Å². The summed E-state index contributed by atoms with van der Waals surface area (Å²) >= 11 is 0. The van der Waals surface area contributed by atoms with E-state index in [0.717, 1.165) is 11.4 Å². The topological polar surface area (TPSA) is 91.5 Å². The van der Waals surface area contributed by atoms with Gasteiger partial charge in [-0.2, -0.15) is 4.98 Å². The third kappa shape index (κ3) is 5.06. The maximum atomic E-state index is 12.0. The van der Waals surface area contributed by atoms with E-state index in [1.165, 1.54) is 0 Å². The molecule has 0 aliphatic heterocycles. The lowest BCUT2D eigenvalue weighted by Crippen LogP contribution is -2.21. The molecule has 0 fully saturated rings. The van der Waals surface area contributed by atoms with Crippen LogP contribution in [0.1, 0.15) is 37.9 Å². The molecule has 1 heterocycles. The average Bonchev–Trinajstić information content (AvgIpc) is 3.03. The Balaban J connectivity index is 1.83. The molecule has 1 amide bonds. The molecule has 7 nitrogen and oxygen atoms in total. The largest absolute Gasteiger partial charge is 0.395 e. The van der Waals surface area contributed by atoms with Crippen LogP contribution < -0.4 is 10.2 Å². The van der Waals surface area contributed by atoms with Crippen LogP contribution in [0.25, 0.3) is 0 Å². The van der Waals surface area contributed by atoms with E-state index in [-0.39, 0.29) is 24.9 Å². The van der Waals surface area contributed by atoms with Crippen molar-refractivity contribution in [3.63, 3.8) is 0 Å². The number of hydrogen-bond donors (Lipinski definition) is 2. The standard InChI is InChI=1S/C17H24N4O3/c1-12(2)17-19-16(24-20-17)9-8-15(23)18-13-4-6-14(7-5-13)21(3)10-11-22/h4-7,12,22H,8-11H2,1-3H3,(H,18,23). The number of aliphatic hydroxyl groups is 1. The monoisotopic (exact) mass is 332 g/mol. The Morgan fingerprint density at radius 2 is 2.04 bits per heavy atom. The van der Waals surface area contributed by atoms with Gasteiger partial charge in [0, 0.05) is 43.7 Å². The van der Waals surface area contributed by atoms with E-state index in [4.69, 9.17) is 9.63 Å². The van der Waals surface area contributed by atoms with E-state index in [1.54, 1.807) is 0 Å². The fraction of sp³-hybridized carbons (Fsp3) is 0.471. The second kappa shape index (κ2) is 8.44. The zero-order chi connectivity index (χ0) is 17.5. The van der Waals surface area contributed by atoms with Crippen molar-refractivity contribution >= 4 is 17.3 Å². The number of carbonyl (C=O) groups excluding carboxylic acids is 1. The summed E-state index contributed by atoms with van der Waals surface area (Å²) in [6, 6.07) is 7.48. The SMILES string of the molecule is CC(C)c1noc(CCC(=O)Nc2ccc(N(C)CCO)cc2)n1. The first kappa shape index (κ1) is 17.9. The molecular formula is C17H24N4O3. The maximum absolute atomic E-state index is 12.0. The molecule has 0 spiro atoms. The van der Waals surface area contributed by atoms with Crippen LogP contribution >= 0.6 is 0 Å². The van der Waals surface area contributed by atoms with E-state index in [0.29, 0.717) is 24.7 Å². The summed E-state index contributed by atoms with van der Waals surface area (Å²) in [5.41, 5.74) is 1.71. The summed E-state index contributed by atoms with van der Waals surface area (Å²) in [4.78, 5) is 18.2. The molecule has 0 atom stereocenters. The summed E-state index contributed by atoms with van der Waals surface area (Å²) in [5.74, 6) is 1.25. The number of rotatable bonds is 8. The minimum absolute atomic E-state index is 0.100. The normalized spacial score (nSPS) is 10.9. The van der Waals surface area contributed by atoms with Crippen molar-refractivity contribution in [2.75, 3.05) is 30.4 Å². The van der Waals surface area contributed by atoms with Crippen molar-refractivity contribution in [2.45, 2.75) is 32.6 Å². The number of aromatic nitrogens is 2. The third-order valence-corrected chi connectivity index (χ3v) is 3.59. The van der Waals surface area contributed by atoms with Gasteiger partial charge in [0.2, 0.25) is 11.8 Å². The van der Waals surface area contributed by atoms with Crippen molar-refractivity contribution in [1.82, 2.24) is 10.1 Å². The van der Waals surface area contributed by atoms with Crippen LogP contribution in [0.5, 0.6) is 0 Å². The highest BCUT2D eigenvalue weighted by Gasteiger charge is 2.11. The van der Waals surface area contributed by atoms with E-state index in [9.17, 15) is 4.79 Å². The Labute approximate surface area is 141 Å². The van der Waals surface area contributed by atoms with Crippen LogP contribution in [0.2, 0.25) is 0 Å². The van der Waals surface area contributed by atoms with Crippen LogP contribution in [0.15, 0.2) is 28.8 Å². The van der Waals surface area contributed by atoms with Gasteiger partial charge in [-0.1, -0.05) is 19.0 Å². The van der Waals surface area contributed by atoms with Gasteiger partial charge in [0.1, 0.15) is 0 Å². The number of hydrogen-bond acceptors (Lipinski definition) is 6. The highest BCUT2D eigenvalue weighted by Crippen LogP contribution is 2.17. The van der Waals surface area contributed by atoms with Crippen molar-refractivity contribution in [3.05, 3.63) is 36.0 Å². The van der Waals surface area contributed by atoms with Gasteiger partial charge in [0.25, 0.3) is 0 Å². The lowest BCUT2D eigenvalue weighted by Gasteiger charge is -2.18. The van der Waals surface area contributed by atoms with Gasteiger partial charge in [-0.25, -0.2) is 0 Å². The molecule has 0 bridgehead atoms. The fourth-order valence-corrected chi connectivity index (χ4v) is 2.13. The van der Waals surface area contributed by atoms with E-state index in [1.807, 2.05) is 50.1 Å². The van der Waals surface area contributed by atoms with E-state index in [2.05, 4.69) is 15.5 Å². The first-order valence-corrected chi connectivity index (χ1v) is 8.04. The first-order chi connectivity index (χ1) is 11.5. The highest BCUT2D eigenvalue weighted by molar-refractivity contribution is 5.90. The number of aryl methyl sites for hydroxylation is 1. The molecule has 2 rings (SSSR count). The predicted molar refractivity (Wildman–Crippen MR) is 92.1 cm³/mol. The zero-order valence-corrected chi connectivity index (χ0v) is 14.3. The molecule has 2 aromatic rings. The van der Waals surface area contributed by atoms with Gasteiger partial charge in [0.15, 0.2) is 5.82 Å². The quantitative estimate of drug-likeness (QED) is 0.770. The Morgan fingerprint density at radius 1 is 1.33 bits per heavy atom. The molecule has 0 unspecified atom stereocenters. The van der Waals surface area contributed by atoms with E-state index < -0.39 is 0 Å². The van der Waals surface area contributed by atoms with Crippen LogP contribution in [-0.4, -0.2) is 41.4 Å². The number of benzene rings is 1. The molecule has 130 valence electrons. The zero-order valence-electron chi connectivity index (χ0n) is 14.3. The number of anilines is 2. The molecular weight excluding hydrogens is 308 g/mol. The van der Waals surface area contributed by atoms with Crippen LogP contribution in [0.4, 0.5) is 11.4 Å². The smallest absolute Gasteiger partial charge is 0.227 e. The summed E-state index contributed by atoms with van der Waals surface area (Å²) in [6.07, 6.45) is 0.703. The average molecular weight is 332 g/mol. The Hall–Kier alpha value is -2.41. The minimum atomic E-state index is -0.101. The molecule has 0 saturated heterocycles. The second-order valence-corrected chi connectivity index (χ2v) is 5.94. The second-order valence-electron chi connectivity index (χ2n) is 5.94. The molecule has 0 aliphatic carbocycles. The number of nitrogens with zero attached hydrogens (tertiary/aromatic N) is 3. The minimum Gasteiger partial charge on any atom is -0.395 e. The summed E-state index contributed by atoms with van der Waals surface area (Å²) in [6.45, 7) is 4.64. The van der Waals surface area contributed by atoms with Crippen molar-refractivity contribution in [3.8, 4) is 0 Å². The molecule has 0 saturated carbocycles. The Kier molecular flexibility index (Phi) is 6.31. The number of aliphatic hydroxyl groups excluding tert-OH is 1. The van der Waals surface area contributed by atoms with Gasteiger partial charge in [0.05, 0.1) is 6.61 Å². The lowest BCUT2D eigenvalue weighted by atomic mass is 10.2. The lowest BCUT2D eigenvalue weighted by molar-refractivity contribution is -0.116. The van der Waals surface area contributed by atoms with E-state index >= 15 is 0 Å². The van der Waals surface area contributed by atoms with Crippen LogP contribution in [0, 0.1) is 0 Å². The molecule has 0 aliphatic rings. The molecule has 1 aromatic heterocycles. The number of likely N-dealkylation sites (N-methyl/N-ethyl adjacent to an activating group) is 1. The van der Waals surface area contributed by atoms with Gasteiger partial charge in [-0.05, 0) is 24.3 Å². The number of carbonyl (C=O) groups is 1. The number of nitrogens with one attached hydrogen (secondary N) is 1. The summed E-state index contributed by atoms with van der Waals surface area (Å²) < 4.78 is 5.12. The maximum Gasteiger partial charge on any atom is 0.227 e. The highest BCUT2D eigenvalue weighted by atomic mass is 16.5. The third-order valence-electron chi connectivity index (χ3n) is 3.59. The van der Waals surface area contributed by atoms with Crippen molar-refractivity contribution in [2.24, 2.45) is 0 Å². The van der Waals surface area contributed by atoms with Crippen molar-refractivity contribution < 1.29 is 14.4 Å². The fourth-order valence-electron chi connectivity index (χ4n) is 2.13. The van der Waals surface area contributed by atoms with Gasteiger partial charge < -0.3 is 19.8 Å². The van der Waals surface area contributed by atoms with Crippen LogP contribution in [0.3, 0.4) is 0 Å². The molecule has 24 heavy (non-hydrogen) atoms. The first-order valence-electron chi connectivity index (χ1n) is 8.04. The predicted octanol–water partition coefficient (Wildman–Crippen LogP) is 2.19. The number of amides is 1. The van der Waals surface area contributed by atoms with Gasteiger partial charge in [-0.15, -0.1) is 0 Å². The summed E-state index contributed by atoms with van der Waals surface area (Å²) in [7, 11) is 1.90. The molecule has 1 aromatic carbocycles. The van der Waals surface area contributed by atoms with Gasteiger partial charge in [-0.3, -0.25) is 4.79 Å². The van der Waals surface area contributed by atoms with Crippen molar-refractivity contribution in [1.29, 1.82) is 0 Å². The molecule has 2 N–H and O–H groups in total. The molecule has 0 radical (unpaired) electrons. The van der Waals surface area contributed by atoms with Crippen LogP contribution in [-0.2, 0) is 11.2 Å².